The highest BCUT2D eigenvalue weighted by atomic mass is 127. The van der Waals surface area contributed by atoms with Crippen LogP contribution in [0.5, 0.6) is 0 Å². The van der Waals surface area contributed by atoms with Crippen molar-refractivity contribution in [1.29, 1.82) is 0 Å². The van der Waals surface area contributed by atoms with Crippen molar-refractivity contribution in [3.05, 3.63) is 34.5 Å². The van der Waals surface area contributed by atoms with E-state index in [0.29, 0.717) is 0 Å². The van der Waals surface area contributed by atoms with E-state index in [-0.39, 0.29) is 24.0 Å². The first-order valence-electron chi connectivity index (χ1n) is 8.68. The quantitative estimate of drug-likeness (QED) is 0.239. The molecule has 0 amide bonds. The topological polar surface area (TPSA) is 67.1 Å². The Labute approximate surface area is 171 Å². The van der Waals surface area contributed by atoms with Gasteiger partial charge in [0.1, 0.15) is 0 Å². The molecule has 0 saturated heterocycles. The standard InChI is InChI=1S/C17H28N6S.HI/c1-3-18-17(20-10-6-12-23-13-7-11-21-23)19-9-5-4-8-16-22-15(2)14-24-16;/h7,11,13-14H,3-6,8-10,12H2,1-2H3,(H2,18,19,20);1H. The number of halogens is 1. The van der Waals surface area contributed by atoms with E-state index < -0.39 is 0 Å². The SMILES string of the molecule is CCNC(=NCCCn1cccn1)NCCCCc1nc(C)cs1.I. The Bertz CT molecular complexity index is 596. The number of hydrogen-bond acceptors (Lipinski definition) is 4. The number of aryl methyl sites for hydroxylation is 3. The van der Waals surface area contributed by atoms with Crippen LogP contribution in [0.1, 0.15) is 36.9 Å². The summed E-state index contributed by atoms with van der Waals surface area (Å²) in [6, 6.07) is 1.95. The third-order valence-corrected chi connectivity index (χ3v) is 4.52. The number of hydrogen-bond donors (Lipinski definition) is 2. The molecule has 0 unspecified atom stereocenters. The number of guanidine groups is 1. The lowest BCUT2D eigenvalue weighted by Crippen LogP contribution is -2.37. The summed E-state index contributed by atoms with van der Waals surface area (Å²) in [6.45, 7) is 7.66. The van der Waals surface area contributed by atoms with Crippen molar-refractivity contribution in [3.63, 3.8) is 0 Å². The van der Waals surface area contributed by atoms with Crippen molar-refractivity contribution in [2.75, 3.05) is 19.6 Å². The first kappa shape index (κ1) is 21.9. The van der Waals surface area contributed by atoms with E-state index in [1.807, 2.05) is 30.1 Å². The summed E-state index contributed by atoms with van der Waals surface area (Å²) in [4.78, 5) is 9.11. The lowest BCUT2D eigenvalue weighted by atomic mass is 10.2. The normalized spacial score (nSPS) is 11.2. The molecule has 6 nitrogen and oxygen atoms in total. The molecule has 2 aromatic rings. The predicted molar refractivity (Wildman–Crippen MR) is 116 cm³/mol. The molecule has 0 spiro atoms. The molecule has 25 heavy (non-hydrogen) atoms. The highest BCUT2D eigenvalue weighted by Crippen LogP contribution is 2.11. The van der Waals surface area contributed by atoms with Gasteiger partial charge in [0.2, 0.25) is 0 Å². The van der Waals surface area contributed by atoms with Gasteiger partial charge in [-0.25, -0.2) is 4.98 Å². The monoisotopic (exact) mass is 476 g/mol. The van der Waals surface area contributed by atoms with Crippen LogP contribution in [0, 0.1) is 6.92 Å². The van der Waals surface area contributed by atoms with Crippen LogP contribution in [-0.2, 0) is 13.0 Å². The van der Waals surface area contributed by atoms with Gasteiger partial charge in [0, 0.05) is 49.6 Å². The Morgan fingerprint density at radius 3 is 2.84 bits per heavy atom. The van der Waals surface area contributed by atoms with Crippen LogP contribution in [0.4, 0.5) is 0 Å². The van der Waals surface area contributed by atoms with Gasteiger partial charge in [-0.2, -0.15) is 5.10 Å². The van der Waals surface area contributed by atoms with Crippen LogP contribution in [-0.4, -0.2) is 40.4 Å². The van der Waals surface area contributed by atoms with Crippen LogP contribution in [0.25, 0.3) is 0 Å². The molecule has 2 N–H and O–H groups in total. The Morgan fingerprint density at radius 1 is 1.28 bits per heavy atom. The van der Waals surface area contributed by atoms with E-state index in [0.717, 1.165) is 63.5 Å². The third kappa shape index (κ3) is 9.20. The van der Waals surface area contributed by atoms with Crippen molar-refractivity contribution < 1.29 is 0 Å². The molecule has 0 fully saturated rings. The number of aliphatic imine (C=N–C) groups is 1. The molecular formula is C17H29IN6S. The smallest absolute Gasteiger partial charge is 0.191 e. The van der Waals surface area contributed by atoms with Gasteiger partial charge in [-0.05, 0) is 45.6 Å². The van der Waals surface area contributed by atoms with Crippen LogP contribution >= 0.6 is 35.3 Å². The average molecular weight is 476 g/mol. The van der Waals surface area contributed by atoms with Crippen molar-refractivity contribution in [2.45, 2.75) is 46.1 Å². The summed E-state index contributed by atoms with van der Waals surface area (Å²) in [6.07, 6.45) is 8.12. The lowest BCUT2D eigenvalue weighted by Gasteiger charge is -2.11. The van der Waals surface area contributed by atoms with Gasteiger partial charge in [0.05, 0.1) is 5.01 Å². The van der Waals surface area contributed by atoms with Crippen LogP contribution < -0.4 is 10.6 Å². The molecule has 0 bridgehead atoms. The van der Waals surface area contributed by atoms with E-state index >= 15 is 0 Å². The molecule has 0 atom stereocenters. The molecule has 0 aromatic carbocycles. The van der Waals surface area contributed by atoms with E-state index in [4.69, 9.17) is 0 Å². The maximum absolute atomic E-state index is 4.62. The molecule has 2 heterocycles. The number of rotatable bonds is 10. The van der Waals surface area contributed by atoms with Gasteiger partial charge in [-0.15, -0.1) is 35.3 Å². The Hall–Kier alpha value is -1.16. The Balaban J connectivity index is 0.00000312. The van der Waals surface area contributed by atoms with Crippen molar-refractivity contribution >= 4 is 41.3 Å². The fourth-order valence-electron chi connectivity index (χ4n) is 2.32. The Kier molecular flexibility index (Phi) is 11.5. The molecular weight excluding hydrogens is 447 g/mol. The lowest BCUT2D eigenvalue weighted by molar-refractivity contribution is 0.583. The maximum Gasteiger partial charge on any atom is 0.191 e. The third-order valence-electron chi connectivity index (χ3n) is 3.50. The second kappa shape index (κ2) is 13.1. The van der Waals surface area contributed by atoms with Gasteiger partial charge >= 0.3 is 0 Å². The van der Waals surface area contributed by atoms with Crippen LogP contribution in [0.2, 0.25) is 0 Å². The minimum absolute atomic E-state index is 0. The number of aromatic nitrogens is 3. The van der Waals surface area contributed by atoms with Crippen molar-refractivity contribution in [1.82, 2.24) is 25.4 Å². The number of thiazole rings is 1. The predicted octanol–water partition coefficient (Wildman–Crippen LogP) is 3.23. The minimum atomic E-state index is 0. The molecule has 2 rings (SSSR count). The number of nitrogens with one attached hydrogen (secondary N) is 2. The van der Waals surface area contributed by atoms with Crippen molar-refractivity contribution in [2.24, 2.45) is 4.99 Å². The summed E-state index contributed by atoms with van der Waals surface area (Å²) in [5.74, 6) is 0.906. The van der Waals surface area contributed by atoms with Gasteiger partial charge in [0.25, 0.3) is 0 Å². The summed E-state index contributed by atoms with van der Waals surface area (Å²) in [5, 5.41) is 14.3. The van der Waals surface area contributed by atoms with Gasteiger partial charge < -0.3 is 10.6 Å². The van der Waals surface area contributed by atoms with E-state index in [1.165, 1.54) is 5.01 Å². The second-order valence-corrected chi connectivity index (χ2v) is 6.59. The van der Waals surface area contributed by atoms with E-state index in [2.05, 4.69) is 38.0 Å². The van der Waals surface area contributed by atoms with Crippen LogP contribution in [0.3, 0.4) is 0 Å². The first-order chi connectivity index (χ1) is 11.8. The second-order valence-electron chi connectivity index (χ2n) is 5.65. The summed E-state index contributed by atoms with van der Waals surface area (Å²) in [5.41, 5.74) is 1.13. The largest absolute Gasteiger partial charge is 0.357 e. The summed E-state index contributed by atoms with van der Waals surface area (Å²) in [7, 11) is 0. The minimum Gasteiger partial charge on any atom is -0.357 e. The average Bonchev–Trinajstić information content (AvgIpc) is 3.22. The van der Waals surface area contributed by atoms with Crippen molar-refractivity contribution in [3.8, 4) is 0 Å². The summed E-state index contributed by atoms with van der Waals surface area (Å²) < 4.78 is 1.94. The highest BCUT2D eigenvalue weighted by molar-refractivity contribution is 14.0. The fraction of sp³-hybridized carbons (Fsp3) is 0.588. The molecule has 0 aliphatic rings. The number of nitrogens with zero attached hydrogens (tertiary/aromatic N) is 4. The van der Waals surface area contributed by atoms with Crippen LogP contribution in [0.15, 0.2) is 28.8 Å². The fourth-order valence-corrected chi connectivity index (χ4v) is 3.14. The van der Waals surface area contributed by atoms with Gasteiger partial charge in [-0.3, -0.25) is 9.67 Å². The molecule has 8 heteroatoms. The zero-order valence-corrected chi connectivity index (χ0v) is 18.2. The molecule has 0 aliphatic carbocycles. The molecule has 0 radical (unpaired) electrons. The first-order valence-corrected chi connectivity index (χ1v) is 9.56. The van der Waals surface area contributed by atoms with E-state index in [9.17, 15) is 0 Å². The van der Waals surface area contributed by atoms with Gasteiger partial charge in [-0.1, -0.05) is 0 Å². The Morgan fingerprint density at radius 2 is 2.16 bits per heavy atom. The molecule has 0 aliphatic heterocycles. The molecule has 2 aromatic heterocycles. The maximum atomic E-state index is 4.62. The number of unbranched alkanes of at least 4 members (excludes halogenated alkanes) is 1. The van der Waals surface area contributed by atoms with E-state index in [1.54, 1.807) is 11.3 Å². The zero-order chi connectivity index (χ0) is 17.0. The molecule has 0 saturated carbocycles. The molecule has 140 valence electrons. The highest BCUT2D eigenvalue weighted by Gasteiger charge is 2.00. The zero-order valence-electron chi connectivity index (χ0n) is 15.1. The van der Waals surface area contributed by atoms with Gasteiger partial charge in [0.15, 0.2) is 5.96 Å². The summed E-state index contributed by atoms with van der Waals surface area (Å²) >= 11 is 1.76.